The maximum atomic E-state index is 12.1. The number of imidazole rings is 1. The van der Waals surface area contributed by atoms with Gasteiger partial charge in [-0.15, -0.1) is 0 Å². The molecule has 0 radical (unpaired) electrons. The number of amides is 2. The van der Waals surface area contributed by atoms with Crippen LogP contribution in [-0.4, -0.2) is 39.8 Å². The fraction of sp³-hybridized carbons (Fsp3) is 0.143. The van der Waals surface area contributed by atoms with Crippen molar-refractivity contribution in [1.82, 2.24) is 15.3 Å². The molecule has 2 amide bonds. The second-order valence-corrected chi connectivity index (χ2v) is 5.37. The van der Waals surface area contributed by atoms with Crippen LogP contribution in [0.5, 0.6) is 0 Å². The van der Waals surface area contributed by atoms with Crippen molar-refractivity contribution < 1.29 is 9.59 Å². The summed E-state index contributed by atoms with van der Waals surface area (Å²) in [6.45, 7) is 0. The highest BCUT2D eigenvalue weighted by Gasteiger charge is 2.30. The number of para-hydroxylation sites is 1. The zero-order chi connectivity index (χ0) is 15.5. The average Bonchev–Trinajstić information content (AvgIpc) is 3.15. The molecule has 0 bridgehead atoms. The average molecular weight is 315 g/mol. The first-order chi connectivity index (χ1) is 10.7. The molecule has 0 atom stereocenters. The Morgan fingerprint density at radius 3 is 2.91 bits per heavy atom. The molecule has 22 heavy (non-hydrogen) atoms. The van der Waals surface area contributed by atoms with Crippen molar-refractivity contribution >= 4 is 40.2 Å². The lowest BCUT2D eigenvalue weighted by molar-refractivity contribution is -0.115. The lowest BCUT2D eigenvalue weighted by atomic mass is 10.3. The third-order valence-electron chi connectivity index (χ3n) is 3.05. The van der Waals surface area contributed by atoms with Gasteiger partial charge in [-0.25, -0.2) is 9.98 Å². The monoisotopic (exact) mass is 315 g/mol. The highest BCUT2D eigenvalue weighted by Crippen LogP contribution is 2.28. The Morgan fingerprint density at radius 2 is 2.18 bits per heavy atom. The topological polar surface area (TPSA) is 90.5 Å². The van der Waals surface area contributed by atoms with Crippen molar-refractivity contribution in [3.8, 4) is 0 Å². The Bertz CT molecular complexity index is 741. The van der Waals surface area contributed by atoms with Crippen molar-refractivity contribution in [3.05, 3.63) is 42.4 Å². The molecule has 1 aliphatic rings. The minimum atomic E-state index is -0.308. The van der Waals surface area contributed by atoms with Gasteiger partial charge in [-0.1, -0.05) is 30.0 Å². The Balaban J connectivity index is 1.98. The number of amidine groups is 1. The number of hydrogen-bond donors (Lipinski definition) is 2. The third-order valence-corrected chi connectivity index (χ3v) is 3.98. The van der Waals surface area contributed by atoms with Gasteiger partial charge in [0.05, 0.1) is 17.8 Å². The molecule has 2 heterocycles. The van der Waals surface area contributed by atoms with E-state index in [1.165, 1.54) is 30.0 Å². The van der Waals surface area contributed by atoms with Gasteiger partial charge in [0.2, 0.25) is 5.91 Å². The van der Waals surface area contributed by atoms with Crippen LogP contribution >= 0.6 is 11.8 Å². The zero-order valence-electron chi connectivity index (χ0n) is 11.7. The molecule has 0 aliphatic carbocycles. The molecule has 7 nitrogen and oxygen atoms in total. The van der Waals surface area contributed by atoms with E-state index in [4.69, 9.17) is 0 Å². The van der Waals surface area contributed by atoms with Crippen LogP contribution in [0.3, 0.4) is 0 Å². The molecule has 3 rings (SSSR count). The van der Waals surface area contributed by atoms with E-state index in [-0.39, 0.29) is 23.3 Å². The Kier molecular flexibility index (Phi) is 3.92. The van der Waals surface area contributed by atoms with Crippen LogP contribution in [0.1, 0.15) is 10.5 Å². The van der Waals surface area contributed by atoms with E-state index in [2.05, 4.69) is 20.3 Å². The van der Waals surface area contributed by atoms with Gasteiger partial charge in [0.25, 0.3) is 5.91 Å². The predicted molar refractivity (Wildman–Crippen MR) is 85.5 cm³/mol. The molecule has 0 spiro atoms. The van der Waals surface area contributed by atoms with Crippen LogP contribution < -0.4 is 10.2 Å². The van der Waals surface area contributed by atoms with Crippen LogP contribution in [0.15, 0.2) is 41.7 Å². The molecule has 2 N–H and O–H groups in total. The standard InChI is InChI=1S/C14H13N5O2S/c1-15-13(21)11-12(17-8-16-11)18-14-19(10(20)7-22-14)9-5-3-2-4-6-9/h2-6,8H,7H2,1H3,(H,15,21)(H,16,17). The van der Waals surface area contributed by atoms with E-state index in [9.17, 15) is 9.59 Å². The molecule has 2 aromatic rings. The van der Waals surface area contributed by atoms with E-state index in [0.717, 1.165) is 5.69 Å². The molecule has 112 valence electrons. The minimum Gasteiger partial charge on any atom is -0.354 e. The molecule has 1 fully saturated rings. The number of hydrogen-bond acceptors (Lipinski definition) is 5. The van der Waals surface area contributed by atoms with Gasteiger partial charge in [-0.3, -0.25) is 14.5 Å². The third kappa shape index (κ3) is 2.60. The number of anilines is 1. The highest BCUT2D eigenvalue weighted by molar-refractivity contribution is 8.15. The van der Waals surface area contributed by atoms with Crippen LogP contribution in [0.4, 0.5) is 11.5 Å². The quantitative estimate of drug-likeness (QED) is 0.899. The van der Waals surface area contributed by atoms with Crippen molar-refractivity contribution in [3.63, 3.8) is 0 Å². The number of benzene rings is 1. The van der Waals surface area contributed by atoms with E-state index in [1.54, 1.807) is 0 Å². The Morgan fingerprint density at radius 1 is 1.41 bits per heavy atom. The van der Waals surface area contributed by atoms with Crippen molar-refractivity contribution in [2.45, 2.75) is 0 Å². The largest absolute Gasteiger partial charge is 0.354 e. The fourth-order valence-electron chi connectivity index (χ4n) is 2.03. The number of nitrogens with one attached hydrogen (secondary N) is 2. The fourth-order valence-corrected chi connectivity index (χ4v) is 2.90. The van der Waals surface area contributed by atoms with Crippen LogP contribution in [0, 0.1) is 0 Å². The summed E-state index contributed by atoms with van der Waals surface area (Å²) in [6.07, 6.45) is 1.40. The maximum absolute atomic E-state index is 12.1. The Hall–Kier alpha value is -2.61. The normalized spacial score (nSPS) is 16.3. The summed E-state index contributed by atoms with van der Waals surface area (Å²) in [5.74, 6) is 0.217. The smallest absolute Gasteiger partial charge is 0.271 e. The summed E-state index contributed by atoms with van der Waals surface area (Å²) in [7, 11) is 1.53. The number of aromatic amines is 1. The van der Waals surface area contributed by atoms with Gasteiger partial charge in [-0.05, 0) is 12.1 Å². The number of thioether (sulfide) groups is 1. The van der Waals surface area contributed by atoms with E-state index in [1.807, 2.05) is 30.3 Å². The number of aromatic nitrogens is 2. The van der Waals surface area contributed by atoms with E-state index < -0.39 is 0 Å². The summed E-state index contributed by atoms with van der Waals surface area (Å²) < 4.78 is 0. The van der Waals surface area contributed by atoms with Crippen LogP contribution in [0.25, 0.3) is 0 Å². The Labute approximate surface area is 130 Å². The van der Waals surface area contributed by atoms with Gasteiger partial charge in [-0.2, -0.15) is 0 Å². The molecule has 0 saturated carbocycles. The van der Waals surface area contributed by atoms with Gasteiger partial charge in [0, 0.05) is 7.05 Å². The molecule has 1 aromatic carbocycles. The first-order valence-corrected chi connectivity index (χ1v) is 7.54. The van der Waals surface area contributed by atoms with Crippen molar-refractivity contribution in [2.24, 2.45) is 4.99 Å². The summed E-state index contributed by atoms with van der Waals surface area (Å²) in [6, 6.07) is 9.26. The van der Waals surface area contributed by atoms with Gasteiger partial charge in [0.15, 0.2) is 16.7 Å². The lowest BCUT2D eigenvalue weighted by Gasteiger charge is -2.15. The summed E-state index contributed by atoms with van der Waals surface area (Å²) in [5, 5.41) is 3.03. The van der Waals surface area contributed by atoms with Crippen LogP contribution in [-0.2, 0) is 4.79 Å². The highest BCUT2D eigenvalue weighted by atomic mass is 32.2. The van der Waals surface area contributed by atoms with Gasteiger partial charge >= 0.3 is 0 Å². The molecular weight excluding hydrogens is 302 g/mol. The molecule has 1 saturated heterocycles. The lowest BCUT2D eigenvalue weighted by Crippen LogP contribution is -2.29. The summed E-state index contributed by atoms with van der Waals surface area (Å²) in [4.78, 5) is 36.6. The van der Waals surface area contributed by atoms with Crippen LogP contribution in [0.2, 0.25) is 0 Å². The number of carbonyl (C=O) groups is 2. The summed E-state index contributed by atoms with van der Waals surface area (Å²) >= 11 is 1.32. The summed E-state index contributed by atoms with van der Waals surface area (Å²) in [5.41, 5.74) is 1.01. The molecule has 8 heteroatoms. The zero-order valence-corrected chi connectivity index (χ0v) is 12.6. The second kappa shape index (κ2) is 6.02. The first-order valence-electron chi connectivity index (χ1n) is 6.55. The van der Waals surface area contributed by atoms with E-state index in [0.29, 0.717) is 10.9 Å². The number of nitrogens with zero attached hydrogens (tertiary/aromatic N) is 3. The molecule has 1 aliphatic heterocycles. The molecular formula is C14H13N5O2S. The molecule has 1 aromatic heterocycles. The molecule has 0 unspecified atom stereocenters. The number of rotatable bonds is 3. The van der Waals surface area contributed by atoms with Gasteiger partial charge in [0.1, 0.15) is 0 Å². The first kappa shape index (κ1) is 14.3. The SMILES string of the molecule is CNC(=O)c1[nH]cnc1N=C1SCC(=O)N1c1ccccc1. The maximum Gasteiger partial charge on any atom is 0.271 e. The van der Waals surface area contributed by atoms with E-state index >= 15 is 0 Å². The number of carbonyl (C=O) groups excluding carboxylic acids is 2. The number of H-pyrrole nitrogens is 1. The van der Waals surface area contributed by atoms with Crippen molar-refractivity contribution in [2.75, 3.05) is 17.7 Å². The van der Waals surface area contributed by atoms with Gasteiger partial charge < -0.3 is 10.3 Å². The minimum absolute atomic E-state index is 0.0491. The second-order valence-electron chi connectivity index (χ2n) is 4.43. The van der Waals surface area contributed by atoms with Crippen molar-refractivity contribution in [1.29, 1.82) is 0 Å². The predicted octanol–water partition coefficient (Wildman–Crippen LogP) is 1.54. The number of aliphatic imine (C=N–C) groups is 1.